The monoisotopic (exact) mass is 352 g/mol. The van der Waals surface area contributed by atoms with E-state index in [1.807, 2.05) is 13.0 Å². The van der Waals surface area contributed by atoms with Crippen LogP contribution in [0.4, 0.5) is 0 Å². The number of benzene rings is 1. The molecule has 0 radical (unpaired) electrons. The number of hydrogen-bond acceptors (Lipinski definition) is 7. The average Bonchev–Trinajstić information content (AvgIpc) is 3.10. The van der Waals surface area contributed by atoms with E-state index in [0.29, 0.717) is 17.5 Å². The smallest absolute Gasteiger partial charge is 0.339 e. The van der Waals surface area contributed by atoms with Crippen LogP contribution in [0, 0.1) is 16.7 Å². The minimum Gasteiger partial charge on any atom is -0.462 e. The van der Waals surface area contributed by atoms with Gasteiger partial charge >= 0.3 is 11.8 Å². The second kappa shape index (κ2) is 5.11. The van der Waals surface area contributed by atoms with Gasteiger partial charge in [0.25, 0.3) is 0 Å². The zero-order chi connectivity index (χ0) is 18.7. The number of nitrogens with zero attached hydrogens (tertiary/aromatic N) is 1. The third-order valence-electron chi connectivity index (χ3n) is 5.01. The molecule has 2 atom stereocenters. The molecule has 3 aliphatic rings. The van der Waals surface area contributed by atoms with Crippen LogP contribution in [0.2, 0.25) is 0 Å². The maximum atomic E-state index is 13.5. The Morgan fingerprint density at radius 1 is 1.35 bits per heavy atom. The highest BCUT2D eigenvalue weighted by molar-refractivity contribution is 6.16. The number of allylic oxidation sites excluding steroid dienone is 1. The molecule has 2 heterocycles. The summed E-state index contributed by atoms with van der Waals surface area (Å²) < 4.78 is 17.0. The van der Waals surface area contributed by atoms with Crippen LogP contribution in [0.3, 0.4) is 0 Å². The van der Waals surface area contributed by atoms with Gasteiger partial charge in [0.1, 0.15) is 23.0 Å². The van der Waals surface area contributed by atoms with Crippen LogP contribution in [-0.4, -0.2) is 18.4 Å². The van der Waals surface area contributed by atoms with Gasteiger partial charge in [0.2, 0.25) is 5.88 Å². The van der Waals surface area contributed by atoms with Crippen LogP contribution in [0.5, 0.6) is 0 Å². The molecule has 0 spiro atoms. The van der Waals surface area contributed by atoms with Crippen LogP contribution >= 0.6 is 0 Å². The summed E-state index contributed by atoms with van der Waals surface area (Å²) in [5.41, 5.74) is 4.77. The number of Topliss-reactive ketones (excluding diaryl/α,β-unsaturated/α-hetero) is 1. The Morgan fingerprint density at radius 2 is 2.08 bits per heavy atom. The zero-order valence-corrected chi connectivity index (χ0v) is 14.3. The van der Waals surface area contributed by atoms with Gasteiger partial charge in [0.15, 0.2) is 11.2 Å². The Morgan fingerprint density at radius 3 is 2.77 bits per heavy atom. The van der Waals surface area contributed by atoms with Crippen molar-refractivity contribution < 1.29 is 23.8 Å². The second-order valence-electron chi connectivity index (χ2n) is 6.36. The molecule has 0 saturated carbocycles. The summed E-state index contributed by atoms with van der Waals surface area (Å²) in [4.78, 5) is 26.3. The van der Waals surface area contributed by atoms with Crippen molar-refractivity contribution in [3.8, 4) is 6.07 Å². The summed E-state index contributed by atoms with van der Waals surface area (Å²) in [7, 11) is 0. The van der Waals surface area contributed by atoms with Crippen molar-refractivity contribution in [2.45, 2.75) is 26.1 Å². The lowest BCUT2D eigenvalue weighted by molar-refractivity contribution is -0.199. The van der Waals surface area contributed by atoms with E-state index in [-0.39, 0.29) is 29.4 Å². The third kappa shape index (κ3) is 1.53. The largest absolute Gasteiger partial charge is 0.462 e. The lowest BCUT2D eigenvalue weighted by atomic mass is 9.69. The standard InChI is InChI=1S/C19H16N2O5/c1-3-8-24-17(23)14-10(2)25-19-12-7-5-4-6-11(12)15(22)18(14,19)13(9-20)16(21)26-19/h4-7H,3,8,21H2,1-2H3/t18-,19-/m1/s1. The van der Waals surface area contributed by atoms with Crippen LogP contribution in [0.25, 0.3) is 0 Å². The summed E-state index contributed by atoms with van der Waals surface area (Å²) >= 11 is 0. The van der Waals surface area contributed by atoms with Gasteiger partial charge in [-0.3, -0.25) is 4.79 Å². The molecule has 2 N–H and O–H groups in total. The Kier molecular flexibility index (Phi) is 3.19. The molecular formula is C19H16N2O5. The van der Waals surface area contributed by atoms with Gasteiger partial charge in [-0.2, -0.15) is 5.26 Å². The van der Waals surface area contributed by atoms with E-state index in [9.17, 15) is 14.9 Å². The molecule has 0 aromatic heterocycles. The molecule has 2 aliphatic heterocycles. The SMILES string of the molecule is CCCOC(=O)C1=C(C)O[C@]23OC(N)=C(C#N)[C@]12C(=O)c1ccccc13. The number of nitriles is 1. The van der Waals surface area contributed by atoms with Gasteiger partial charge in [0.05, 0.1) is 6.61 Å². The minimum atomic E-state index is -1.77. The molecule has 4 rings (SSSR count). The Hall–Kier alpha value is -3.27. The predicted molar refractivity (Wildman–Crippen MR) is 87.8 cm³/mol. The number of ether oxygens (including phenoxy) is 3. The molecule has 7 nitrogen and oxygen atoms in total. The third-order valence-corrected chi connectivity index (χ3v) is 5.01. The molecule has 0 fully saturated rings. The number of carbonyl (C=O) groups excluding carboxylic acids is 2. The van der Waals surface area contributed by atoms with Gasteiger partial charge in [0, 0.05) is 11.1 Å². The zero-order valence-electron chi connectivity index (χ0n) is 14.3. The molecule has 1 aromatic rings. The van der Waals surface area contributed by atoms with Gasteiger partial charge < -0.3 is 19.9 Å². The van der Waals surface area contributed by atoms with Crippen molar-refractivity contribution >= 4 is 11.8 Å². The van der Waals surface area contributed by atoms with Crippen molar-refractivity contribution in [2.75, 3.05) is 6.61 Å². The molecule has 0 bridgehead atoms. The molecule has 26 heavy (non-hydrogen) atoms. The van der Waals surface area contributed by atoms with E-state index in [2.05, 4.69) is 0 Å². The fourth-order valence-electron chi connectivity index (χ4n) is 4.11. The van der Waals surface area contributed by atoms with Gasteiger partial charge in [-0.25, -0.2) is 4.79 Å². The number of hydrogen-bond donors (Lipinski definition) is 1. The summed E-state index contributed by atoms with van der Waals surface area (Å²) in [6.45, 7) is 3.60. The van der Waals surface area contributed by atoms with Gasteiger partial charge in [-0.1, -0.05) is 31.2 Å². The van der Waals surface area contributed by atoms with E-state index in [0.717, 1.165) is 0 Å². The first-order valence-corrected chi connectivity index (χ1v) is 8.26. The lowest BCUT2D eigenvalue weighted by Crippen LogP contribution is -2.45. The number of esters is 1. The molecular weight excluding hydrogens is 336 g/mol. The first kappa shape index (κ1) is 16.2. The number of ketones is 1. The van der Waals surface area contributed by atoms with Gasteiger partial charge in [-0.05, 0) is 13.3 Å². The lowest BCUT2D eigenvalue weighted by Gasteiger charge is -2.31. The molecule has 1 aromatic carbocycles. The Balaban J connectivity index is 2.02. The van der Waals surface area contributed by atoms with Crippen LogP contribution in [0.1, 0.15) is 36.2 Å². The van der Waals surface area contributed by atoms with Crippen molar-refractivity contribution in [1.29, 1.82) is 5.26 Å². The molecule has 0 amide bonds. The Labute approximate surface area is 149 Å². The molecule has 0 unspecified atom stereocenters. The number of rotatable bonds is 3. The second-order valence-corrected chi connectivity index (χ2v) is 6.36. The molecule has 0 saturated heterocycles. The molecule has 7 heteroatoms. The van der Waals surface area contributed by atoms with Crippen molar-refractivity contribution in [2.24, 2.45) is 11.1 Å². The highest BCUT2D eigenvalue weighted by atomic mass is 16.7. The summed E-state index contributed by atoms with van der Waals surface area (Å²) in [6.07, 6.45) is 0.616. The average molecular weight is 352 g/mol. The Bertz CT molecular complexity index is 970. The van der Waals surface area contributed by atoms with E-state index < -0.39 is 23.0 Å². The number of fused-ring (bicyclic) bond motifs is 1. The quantitative estimate of drug-likeness (QED) is 0.828. The normalized spacial score (nSPS) is 28.1. The van der Waals surface area contributed by atoms with Gasteiger partial charge in [-0.15, -0.1) is 0 Å². The summed E-state index contributed by atoms with van der Waals surface area (Å²) in [5.74, 6) is -2.87. The number of carbonyl (C=O) groups is 2. The maximum Gasteiger partial charge on any atom is 0.339 e. The summed E-state index contributed by atoms with van der Waals surface area (Å²) in [6, 6.07) is 8.68. The fourth-order valence-corrected chi connectivity index (χ4v) is 4.11. The highest BCUT2D eigenvalue weighted by Gasteiger charge is 2.80. The topological polar surface area (TPSA) is 112 Å². The maximum absolute atomic E-state index is 13.5. The molecule has 1 aliphatic carbocycles. The molecule has 132 valence electrons. The predicted octanol–water partition coefficient (Wildman–Crippen LogP) is 2.00. The van der Waals surface area contributed by atoms with Crippen LogP contribution in [0.15, 0.2) is 47.1 Å². The van der Waals surface area contributed by atoms with E-state index in [1.165, 1.54) is 0 Å². The fraction of sp³-hybridized carbons (Fsp3) is 0.316. The van der Waals surface area contributed by atoms with E-state index >= 15 is 0 Å². The first-order chi connectivity index (χ1) is 12.5. The van der Waals surface area contributed by atoms with Crippen LogP contribution in [-0.2, 0) is 24.8 Å². The van der Waals surface area contributed by atoms with Crippen molar-refractivity contribution in [1.82, 2.24) is 0 Å². The highest BCUT2D eigenvalue weighted by Crippen LogP contribution is 2.69. The van der Waals surface area contributed by atoms with E-state index in [1.54, 1.807) is 31.2 Å². The summed E-state index contributed by atoms with van der Waals surface area (Å²) in [5, 5.41) is 9.73. The van der Waals surface area contributed by atoms with Crippen LogP contribution < -0.4 is 5.73 Å². The van der Waals surface area contributed by atoms with Crippen molar-refractivity contribution in [3.63, 3.8) is 0 Å². The minimum absolute atomic E-state index is 0.0239. The van der Waals surface area contributed by atoms with Crippen molar-refractivity contribution in [3.05, 3.63) is 58.2 Å². The van der Waals surface area contributed by atoms with E-state index in [4.69, 9.17) is 19.9 Å². The first-order valence-electron chi connectivity index (χ1n) is 8.26. The number of nitrogens with two attached hydrogens (primary N) is 1.